The van der Waals surface area contributed by atoms with Crippen molar-refractivity contribution in [3.8, 4) is 5.75 Å². The van der Waals surface area contributed by atoms with E-state index in [0.717, 1.165) is 24.7 Å². The summed E-state index contributed by atoms with van der Waals surface area (Å²) in [5, 5.41) is 5.63. The van der Waals surface area contributed by atoms with Gasteiger partial charge in [-0.3, -0.25) is 0 Å². The van der Waals surface area contributed by atoms with Crippen LogP contribution in [-0.4, -0.2) is 18.8 Å². The van der Waals surface area contributed by atoms with E-state index in [-0.39, 0.29) is 15.8 Å². The molecule has 26 heavy (non-hydrogen) atoms. The fourth-order valence-corrected chi connectivity index (χ4v) is 2.73. The first kappa shape index (κ1) is 20.3. The van der Waals surface area contributed by atoms with Crippen LogP contribution in [0.5, 0.6) is 5.75 Å². The van der Waals surface area contributed by atoms with Crippen LogP contribution in [0, 0.1) is 0 Å². The van der Waals surface area contributed by atoms with Crippen LogP contribution in [0.4, 0.5) is 18.9 Å². The van der Waals surface area contributed by atoms with Crippen LogP contribution in [-0.2, 0) is 12.6 Å². The molecule has 0 bridgehead atoms. The summed E-state index contributed by atoms with van der Waals surface area (Å²) in [6.45, 7) is 0.595. The lowest BCUT2D eigenvalue weighted by atomic mass is 10.1. The van der Waals surface area contributed by atoms with Gasteiger partial charge in [0.15, 0.2) is 5.11 Å². The van der Waals surface area contributed by atoms with Gasteiger partial charge in [0.25, 0.3) is 0 Å². The molecule has 0 saturated heterocycles. The quantitative estimate of drug-likeness (QED) is 0.508. The number of rotatable bonds is 6. The molecule has 0 fully saturated rings. The van der Waals surface area contributed by atoms with E-state index in [1.54, 1.807) is 7.11 Å². The highest BCUT2D eigenvalue weighted by Gasteiger charge is 2.33. The van der Waals surface area contributed by atoms with E-state index >= 15 is 0 Å². The largest absolute Gasteiger partial charge is 0.497 e. The molecule has 0 radical (unpaired) electrons. The zero-order chi connectivity index (χ0) is 19.2. The smallest absolute Gasteiger partial charge is 0.417 e. The number of anilines is 1. The van der Waals surface area contributed by atoms with Crippen molar-refractivity contribution in [3.05, 3.63) is 58.6 Å². The van der Waals surface area contributed by atoms with Crippen molar-refractivity contribution in [2.45, 2.75) is 19.0 Å². The average molecular weight is 403 g/mol. The maximum Gasteiger partial charge on any atom is 0.417 e. The third-order valence-electron chi connectivity index (χ3n) is 3.62. The molecule has 140 valence electrons. The topological polar surface area (TPSA) is 33.3 Å². The Bertz CT molecular complexity index is 751. The molecule has 0 heterocycles. The van der Waals surface area contributed by atoms with E-state index in [2.05, 4.69) is 10.6 Å². The molecular weight excluding hydrogens is 385 g/mol. The number of nitrogens with one attached hydrogen (secondary N) is 2. The maximum absolute atomic E-state index is 12.9. The van der Waals surface area contributed by atoms with Crippen LogP contribution in [0.1, 0.15) is 17.5 Å². The molecule has 2 aromatic rings. The van der Waals surface area contributed by atoms with E-state index in [0.29, 0.717) is 6.54 Å². The van der Waals surface area contributed by atoms with E-state index < -0.39 is 11.7 Å². The maximum atomic E-state index is 12.9. The normalized spacial score (nSPS) is 11.1. The van der Waals surface area contributed by atoms with Gasteiger partial charge in [0, 0.05) is 12.2 Å². The number of thiocarbonyl (C=S) groups is 1. The fraction of sp³-hybridized carbons (Fsp3) is 0.278. The number of benzene rings is 2. The van der Waals surface area contributed by atoms with E-state index in [9.17, 15) is 13.2 Å². The van der Waals surface area contributed by atoms with Crippen molar-refractivity contribution in [1.82, 2.24) is 5.32 Å². The van der Waals surface area contributed by atoms with Gasteiger partial charge in [-0.2, -0.15) is 13.2 Å². The predicted octanol–water partition coefficient (Wildman–Crippen LogP) is 5.29. The molecule has 0 unspecified atom stereocenters. The second kappa shape index (κ2) is 9.09. The first-order valence-electron chi connectivity index (χ1n) is 7.84. The van der Waals surface area contributed by atoms with Gasteiger partial charge in [-0.1, -0.05) is 23.7 Å². The molecule has 0 aliphatic heterocycles. The second-order valence-corrected chi connectivity index (χ2v) is 6.34. The molecule has 3 nitrogen and oxygen atoms in total. The minimum absolute atomic E-state index is 0.231. The third kappa shape index (κ3) is 6.07. The van der Waals surface area contributed by atoms with Crippen molar-refractivity contribution in [2.24, 2.45) is 0 Å². The van der Waals surface area contributed by atoms with E-state index in [4.69, 9.17) is 28.6 Å². The Morgan fingerprint density at radius 1 is 1.15 bits per heavy atom. The van der Waals surface area contributed by atoms with Gasteiger partial charge < -0.3 is 15.4 Å². The van der Waals surface area contributed by atoms with Gasteiger partial charge in [0.2, 0.25) is 0 Å². The summed E-state index contributed by atoms with van der Waals surface area (Å²) in [5.41, 5.74) is 0.500. The third-order valence-corrected chi connectivity index (χ3v) is 4.19. The molecule has 0 aromatic heterocycles. The number of hydrogen-bond acceptors (Lipinski definition) is 2. The highest BCUT2D eigenvalue weighted by Crippen LogP contribution is 2.36. The Labute approximate surface area is 160 Å². The second-order valence-electron chi connectivity index (χ2n) is 5.52. The molecule has 0 spiro atoms. The van der Waals surface area contributed by atoms with Crippen LogP contribution in [0.3, 0.4) is 0 Å². The minimum atomic E-state index is -4.51. The molecule has 2 N–H and O–H groups in total. The first-order chi connectivity index (χ1) is 12.3. The Morgan fingerprint density at radius 3 is 2.46 bits per heavy atom. The number of halogens is 4. The molecule has 8 heteroatoms. The van der Waals surface area contributed by atoms with Crippen LogP contribution in [0.2, 0.25) is 5.02 Å². The van der Waals surface area contributed by atoms with E-state index in [1.807, 2.05) is 24.3 Å². The Balaban J connectivity index is 1.80. The highest BCUT2D eigenvalue weighted by molar-refractivity contribution is 7.80. The SMILES string of the molecule is COc1ccc(CCCNC(=S)Nc2ccc(Cl)c(C(F)(F)F)c2)cc1. The van der Waals surface area contributed by atoms with Crippen molar-refractivity contribution >= 4 is 34.6 Å². The zero-order valence-electron chi connectivity index (χ0n) is 14.0. The van der Waals surface area contributed by atoms with Gasteiger partial charge in [0.1, 0.15) is 5.75 Å². The Morgan fingerprint density at radius 2 is 1.85 bits per heavy atom. The first-order valence-corrected chi connectivity index (χ1v) is 8.63. The number of hydrogen-bond donors (Lipinski definition) is 2. The van der Waals surface area contributed by atoms with Crippen LogP contribution < -0.4 is 15.4 Å². The summed E-state index contributed by atoms with van der Waals surface area (Å²) in [4.78, 5) is 0. The summed E-state index contributed by atoms with van der Waals surface area (Å²) < 4.78 is 43.7. The molecule has 0 saturated carbocycles. The number of ether oxygens (including phenoxy) is 1. The molecule has 0 aliphatic carbocycles. The van der Waals surface area contributed by atoms with Crippen molar-refractivity contribution in [1.29, 1.82) is 0 Å². The van der Waals surface area contributed by atoms with Gasteiger partial charge in [-0.05, 0) is 61.0 Å². The Hall–Kier alpha value is -1.99. The molecule has 0 atom stereocenters. The average Bonchev–Trinajstić information content (AvgIpc) is 2.60. The Kier molecular flexibility index (Phi) is 7.11. The molecule has 2 rings (SSSR count). The number of alkyl halides is 3. The molecule has 2 aromatic carbocycles. The minimum Gasteiger partial charge on any atom is -0.497 e. The summed E-state index contributed by atoms with van der Waals surface area (Å²) in [6.07, 6.45) is -2.84. The van der Waals surface area contributed by atoms with E-state index in [1.165, 1.54) is 17.7 Å². The lowest BCUT2D eigenvalue weighted by Gasteiger charge is -2.14. The standard InChI is InChI=1S/C18H18ClF3N2OS/c1-25-14-7-4-12(5-8-14)3-2-10-23-17(26)24-13-6-9-16(19)15(11-13)18(20,21)22/h4-9,11H,2-3,10H2,1H3,(H2,23,24,26). The highest BCUT2D eigenvalue weighted by atomic mass is 35.5. The molecule has 0 amide bonds. The van der Waals surface area contributed by atoms with Crippen LogP contribution in [0.25, 0.3) is 0 Å². The van der Waals surface area contributed by atoms with Gasteiger partial charge in [-0.25, -0.2) is 0 Å². The zero-order valence-corrected chi connectivity index (χ0v) is 15.6. The van der Waals surface area contributed by atoms with Gasteiger partial charge in [0.05, 0.1) is 17.7 Å². The predicted molar refractivity (Wildman–Crippen MR) is 102 cm³/mol. The summed E-state index contributed by atoms with van der Waals surface area (Å²) in [5.74, 6) is 0.804. The van der Waals surface area contributed by atoms with Crippen molar-refractivity contribution in [3.63, 3.8) is 0 Å². The van der Waals surface area contributed by atoms with Crippen LogP contribution >= 0.6 is 23.8 Å². The van der Waals surface area contributed by atoms with Gasteiger partial charge in [-0.15, -0.1) is 0 Å². The number of methoxy groups -OCH3 is 1. The summed E-state index contributed by atoms with van der Waals surface area (Å²) >= 11 is 10.7. The molecule has 0 aliphatic rings. The number of aryl methyl sites for hydroxylation is 1. The van der Waals surface area contributed by atoms with Gasteiger partial charge >= 0.3 is 6.18 Å². The van der Waals surface area contributed by atoms with Crippen molar-refractivity contribution in [2.75, 3.05) is 19.0 Å². The lowest BCUT2D eigenvalue weighted by molar-refractivity contribution is -0.137. The molecular formula is C18H18ClF3N2OS. The summed E-state index contributed by atoms with van der Waals surface area (Å²) in [7, 11) is 1.62. The van der Waals surface area contributed by atoms with Crippen LogP contribution in [0.15, 0.2) is 42.5 Å². The lowest BCUT2D eigenvalue weighted by Crippen LogP contribution is -2.29. The summed E-state index contributed by atoms with van der Waals surface area (Å²) in [6, 6.07) is 11.3. The monoisotopic (exact) mass is 402 g/mol. The fourth-order valence-electron chi connectivity index (χ4n) is 2.28. The van der Waals surface area contributed by atoms with Crippen molar-refractivity contribution < 1.29 is 17.9 Å².